The molecule has 0 bridgehead atoms. The van der Waals surface area contributed by atoms with E-state index in [4.69, 9.17) is 4.74 Å². The molecule has 0 spiro atoms. The lowest BCUT2D eigenvalue weighted by atomic mass is 9.94. The minimum atomic E-state index is -0.799. The van der Waals surface area contributed by atoms with E-state index in [2.05, 4.69) is 4.99 Å². The molecule has 28 heavy (non-hydrogen) atoms. The average molecular weight is 403 g/mol. The third kappa shape index (κ3) is 3.94. The predicted molar refractivity (Wildman–Crippen MR) is 106 cm³/mol. The molecule has 2 aliphatic rings. The SMILES string of the molecule is CC1=C(C(=O)OCC(C)C)[C@@H](c2cccc([N+](=O)[O-])c2)N2C(=O)CCSC2=N1. The molecule has 1 aromatic carbocycles. The lowest BCUT2D eigenvalue weighted by molar-refractivity contribution is -0.384. The van der Waals surface area contributed by atoms with Crippen LogP contribution in [0.3, 0.4) is 0 Å². The summed E-state index contributed by atoms with van der Waals surface area (Å²) in [7, 11) is 0. The first-order valence-corrected chi connectivity index (χ1v) is 9.94. The molecule has 148 valence electrons. The maximum Gasteiger partial charge on any atom is 0.338 e. The number of hydrogen-bond acceptors (Lipinski definition) is 7. The van der Waals surface area contributed by atoms with E-state index in [0.717, 1.165) is 0 Å². The molecule has 1 aromatic rings. The monoisotopic (exact) mass is 403 g/mol. The third-order valence-electron chi connectivity index (χ3n) is 4.37. The van der Waals surface area contributed by atoms with Crippen LogP contribution in [0.5, 0.6) is 0 Å². The fourth-order valence-corrected chi connectivity index (χ4v) is 4.11. The van der Waals surface area contributed by atoms with Crippen LogP contribution in [-0.2, 0) is 14.3 Å². The summed E-state index contributed by atoms with van der Waals surface area (Å²) in [4.78, 5) is 42.2. The molecule has 0 saturated carbocycles. The van der Waals surface area contributed by atoms with Gasteiger partial charge in [0, 0.05) is 24.3 Å². The van der Waals surface area contributed by atoms with E-state index in [1.165, 1.54) is 28.8 Å². The van der Waals surface area contributed by atoms with Crippen molar-refractivity contribution < 1.29 is 19.2 Å². The molecule has 3 rings (SSSR count). The van der Waals surface area contributed by atoms with Gasteiger partial charge in [0.1, 0.15) is 0 Å². The normalized spacial score (nSPS) is 19.4. The Kier molecular flexibility index (Phi) is 5.83. The van der Waals surface area contributed by atoms with E-state index in [1.54, 1.807) is 19.1 Å². The highest BCUT2D eigenvalue weighted by Crippen LogP contribution is 2.41. The van der Waals surface area contributed by atoms with Crippen molar-refractivity contribution in [3.63, 3.8) is 0 Å². The highest BCUT2D eigenvalue weighted by molar-refractivity contribution is 8.14. The zero-order chi connectivity index (χ0) is 20.4. The number of hydrogen-bond donors (Lipinski definition) is 0. The second kappa shape index (κ2) is 8.14. The van der Waals surface area contributed by atoms with Crippen LogP contribution in [0.25, 0.3) is 0 Å². The Morgan fingerprint density at radius 2 is 2.21 bits per heavy atom. The van der Waals surface area contributed by atoms with Gasteiger partial charge >= 0.3 is 5.97 Å². The number of amides is 1. The van der Waals surface area contributed by atoms with Crippen molar-refractivity contribution in [2.45, 2.75) is 33.2 Å². The molecule has 0 aromatic heterocycles. The zero-order valence-corrected chi connectivity index (χ0v) is 16.7. The molecule has 2 heterocycles. The number of carbonyl (C=O) groups excluding carboxylic acids is 2. The quantitative estimate of drug-likeness (QED) is 0.424. The van der Waals surface area contributed by atoms with Crippen LogP contribution in [0.4, 0.5) is 5.69 Å². The fraction of sp³-hybridized carbons (Fsp3) is 0.421. The Bertz CT molecular complexity index is 893. The number of nitro groups is 1. The molecule has 8 nitrogen and oxygen atoms in total. The van der Waals surface area contributed by atoms with E-state index in [-0.39, 0.29) is 29.7 Å². The number of ether oxygens (including phenoxy) is 1. The van der Waals surface area contributed by atoms with Gasteiger partial charge < -0.3 is 4.74 Å². The van der Waals surface area contributed by atoms with Crippen molar-refractivity contribution in [2.24, 2.45) is 10.9 Å². The first-order chi connectivity index (χ1) is 13.3. The van der Waals surface area contributed by atoms with Crippen LogP contribution in [0.15, 0.2) is 40.5 Å². The van der Waals surface area contributed by atoms with E-state index >= 15 is 0 Å². The van der Waals surface area contributed by atoms with E-state index in [9.17, 15) is 19.7 Å². The van der Waals surface area contributed by atoms with Gasteiger partial charge in [-0.25, -0.2) is 9.79 Å². The molecule has 0 N–H and O–H groups in total. The van der Waals surface area contributed by atoms with E-state index < -0.39 is 16.9 Å². The van der Waals surface area contributed by atoms with Crippen LogP contribution in [0.1, 0.15) is 38.8 Å². The molecular formula is C19H21N3O5S. The number of nitro benzene ring substituents is 1. The molecule has 0 aliphatic carbocycles. The standard InChI is InChI=1S/C19H21N3O5S/c1-11(2)10-27-18(24)16-12(3)20-19-21(15(23)7-8-28-19)17(16)13-5-4-6-14(9-13)22(25)26/h4-6,9,11,17H,7-8,10H2,1-3H3/t17-/m1/s1. The number of rotatable bonds is 5. The minimum absolute atomic E-state index is 0.105. The van der Waals surface area contributed by atoms with Gasteiger partial charge in [0.25, 0.3) is 5.69 Å². The number of amidine groups is 1. The molecule has 2 aliphatic heterocycles. The van der Waals surface area contributed by atoms with Crippen molar-refractivity contribution >= 4 is 34.5 Å². The third-order valence-corrected chi connectivity index (χ3v) is 5.33. The van der Waals surface area contributed by atoms with Gasteiger partial charge in [-0.1, -0.05) is 37.7 Å². The molecule has 1 amide bonds. The lowest BCUT2D eigenvalue weighted by Gasteiger charge is -2.38. The summed E-state index contributed by atoms with van der Waals surface area (Å²) < 4.78 is 5.41. The van der Waals surface area contributed by atoms with Crippen molar-refractivity contribution in [2.75, 3.05) is 12.4 Å². The summed E-state index contributed by atoms with van der Waals surface area (Å²) in [5, 5.41) is 11.7. The number of thioether (sulfide) groups is 1. The molecule has 1 saturated heterocycles. The molecule has 0 unspecified atom stereocenters. The Balaban J connectivity index is 2.11. The summed E-state index contributed by atoms with van der Waals surface area (Å²) in [5.41, 5.74) is 1.07. The Morgan fingerprint density at radius 1 is 1.46 bits per heavy atom. The topological polar surface area (TPSA) is 102 Å². The van der Waals surface area contributed by atoms with Gasteiger partial charge in [-0.3, -0.25) is 19.8 Å². The molecule has 1 atom stereocenters. The van der Waals surface area contributed by atoms with Crippen molar-refractivity contribution in [1.82, 2.24) is 4.90 Å². The van der Waals surface area contributed by atoms with E-state index in [1.807, 2.05) is 13.8 Å². The van der Waals surface area contributed by atoms with Gasteiger partial charge in [-0.2, -0.15) is 0 Å². The number of carbonyl (C=O) groups is 2. The van der Waals surface area contributed by atoms with Crippen LogP contribution >= 0.6 is 11.8 Å². The lowest BCUT2D eigenvalue weighted by Crippen LogP contribution is -2.45. The second-order valence-corrected chi connectivity index (χ2v) is 8.06. The van der Waals surface area contributed by atoms with Gasteiger partial charge in [-0.15, -0.1) is 0 Å². The Labute approximate surface area is 166 Å². The Hall–Kier alpha value is -2.68. The molecular weight excluding hydrogens is 382 g/mol. The summed E-state index contributed by atoms with van der Waals surface area (Å²) in [6.45, 7) is 5.78. The summed E-state index contributed by atoms with van der Waals surface area (Å²) in [6.07, 6.45) is 0.308. The number of allylic oxidation sites excluding steroid dienone is 1. The Morgan fingerprint density at radius 3 is 2.89 bits per heavy atom. The van der Waals surface area contributed by atoms with Crippen LogP contribution in [-0.4, -0.2) is 39.2 Å². The van der Waals surface area contributed by atoms with Gasteiger partial charge in [0.2, 0.25) is 5.91 Å². The van der Waals surface area contributed by atoms with Gasteiger partial charge in [-0.05, 0) is 18.4 Å². The van der Waals surface area contributed by atoms with E-state index in [0.29, 0.717) is 28.6 Å². The molecule has 0 radical (unpaired) electrons. The zero-order valence-electron chi connectivity index (χ0n) is 15.9. The number of esters is 1. The predicted octanol–water partition coefficient (Wildman–Crippen LogP) is 3.44. The van der Waals surface area contributed by atoms with Gasteiger partial charge in [0.15, 0.2) is 5.17 Å². The highest BCUT2D eigenvalue weighted by Gasteiger charge is 2.42. The first-order valence-electron chi connectivity index (χ1n) is 8.95. The van der Waals surface area contributed by atoms with Crippen LogP contribution in [0.2, 0.25) is 0 Å². The fourth-order valence-electron chi connectivity index (χ4n) is 3.10. The maximum absolute atomic E-state index is 12.9. The van der Waals surface area contributed by atoms with Crippen molar-refractivity contribution in [3.8, 4) is 0 Å². The summed E-state index contributed by atoms with van der Waals surface area (Å²) in [6, 6.07) is 5.19. The number of aliphatic imine (C=N–C) groups is 1. The second-order valence-electron chi connectivity index (χ2n) is 7.00. The number of fused-ring (bicyclic) bond motifs is 1. The summed E-state index contributed by atoms with van der Waals surface area (Å²) >= 11 is 1.43. The van der Waals surface area contributed by atoms with Crippen LogP contribution < -0.4 is 0 Å². The average Bonchev–Trinajstić information content (AvgIpc) is 2.65. The van der Waals surface area contributed by atoms with Crippen molar-refractivity contribution in [1.29, 1.82) is 0 Å². The smallest absolute Gasteiger partial charge is 0.338 e. The highest BCUT2D eigenvalue weighted by atomic mass is 32.2. The minimum Gasteiger partial charge on any atom is -0.462 e. The largest absolute Gasteiger partial charge is 0.462 e. The number of benzene rings is 1. The van der Waals surface area contributed by atoms with Crippen LogP contribution in [0, 0.1) is 16.0 Å². The van der Waals surface area contributed by atoms with Gasteiger partial charge in [0.05, 0.1) is 28.8 Å². The number of nitrogens with zero attached hydrogens (tertiary/aromatic N) is 3. The number of non-ortho nitro benzene ring substituents is 1. The summed E-state index contributed by atoms with van der Waals surface area (Å²) in [5.74, 6) is 0.0245. The maximum atomic E-state index is 12.9. The molecule has 9 heteroatoms. The first kappa shape index (κ1) is 20.1. The van der Waals surface area contributed by atoms with Crippen molar-refractivity contribution in [3.05, 3.63) is 51.2 Å². The molecule has 1 fully saturated rings.